The molecule has 7 nitrogen and oxygen atoms in total. The average Bonchev–Trinajstić information content (AvgIpc) is 3.07. The number of carboxylic acids is 1. The first-order chi connectivity index (χ1) is 9.29. The minimum atomic E-state index is -3.38. The first kappa shape index (κ1) is 15.2. The van der Waals surface area contributed by atoms with Crippen LogP contribution in [0.25, 0.3) is 0 Å². The fourth-order valence-electron chi connectivity index (χ4n) is 2.59. The molecule has 114 valence electrons. The van der Waals surface area contributed by atoms with E-state index in [0.29, 0.717) is 6.61 Å². The number of amides is 1. The lowest BCUT2D eigenvalue weighted by molar-refractivity contribution is -0.150. The largest absolute Gasteiger partial charge is 0.480 e. The predicted octanol–water partition coefficient (Wildman–Crippen LogP) is -0.487. The number of hydrogen-bond donors (Lipinski definition) is 1. The fourth-order valence-corrected chi connectivity index (χ4v) is 4.03. The first-order valence-corrected chi connectivity index (χ1v) is 8.32. The van der Waals surface area contributed by atoms with E-state index in [4.69, 9.17) is 9.84 Å². The summed E-state index contributed by atoms with van der Waals surface area (Å²) < 4.78 is 28.1. The van der Waals surface area contributed by atoms with Crippen LogP contribution in [0.15, 0.2) is 0 Å². The summed E-state index contributed by atoms with van der Waals surface area (Å²) in [7, 11) is -1.81. The molecule has 0 spiro atoms. The minimum absolute atomic E-state index is 0.0405. The highest BCUT2D eigenvalue weighted by Crippen LogP contribution is 2.49. The molecule has 0 aromatic carbocycles. The highest BCUT2D eigenvalue weighted by molar-refractivity contribution is 7.91. The SMILES string of the molecule is COCC1(CC(=O)N2CCS(=O)(=O)CC2C(=O)O)CC1. The molecular formula is C12H19NO6S. The maximum atomic E-state index is 12.3. The van der Waals surface area contributed by atoms with Gasteiger partial charge in [-0.1, -0.05) is 0 Å². The summed E-state index contributed by atoms with van der Waals surface area (Å²) in [5.74, 6) is -2.22. The van der Waals surface area contributed by atoms with Crippen molar-refractivity contribution in [3.8, 4) is 0 Å². The number of aliphatic carboxylic acids is 1. The third-order valence-electron chi connectivity index (χ3n) is 3.97. The van der Waals surface area contributed by atoms with Gasteiger partial charge in [-0.15, -0.1) is 0 Å². The molecule has 1 aliphatic heterocycles. The van der Waals surface area contributed by atoms with E-state index >= 15 is 0 Å². The number of sulfone groups is 1. The molecule has 1 unspecified atom stereocenters. The molecular weight excluding hydrogens is 286 g/mol. The van der Waals surface area contributed by atoms with E-state index in [1.54, 1.807) is 7.11 Å². The average molecular weight is 305 g/mol. The molecule has 0 aromatic rings. The lowest BCUT2D eigenvalue weighted by Gasteiger charge is -2.33. The summed E-state index contributed by atoms with van der Waals surface area (Å²) >= 11 is 0. The van der Waals surface area contributed by atoms with E-state index in [1.165, 1.54) is 4.90 Å². The van der Waals surface area contributed by atoms with Crippen LogP contribution in [0.5, 0.6) is 0 Å². The van der Waals surface area contributed by atoms with Crippen molar-refractivity contribution in [1.82, 2.24) is 4.90 Å². The molecule has 1 atom stereocenters. The Balaban J connectivity index is 2.06. The zero-order chi connectivity index (χ0) is 15.0. The van der Waals surface area contributed by atoms with Gasteiger partial charge in [-0.2, -0.15) is 0 Å². The van der Waals surface area contributed by atoms with Gasteiger partial charge in [-0.25, -0.2) is 13.2 Å². The lowest BCUT2D eigenvalue weighted by atomic mass is 10.0. The number of carboxylic acid groups (broad SMARTS) is 1. The predicted molar refractivity (Wildman–Crippen MR) is 70.0 cm³/mol. The van der Waals surface area contributed by atoms with Crippen molar-refractivity contribution in [3.05, 3.63) is 0 Å². The Labute approximate surface area is 117 Å². The Morgan fingerprint density at radius 3 is 2.55 bits per heavy atom. The summed E-state index contributed by atoms with van der Waals surface area (Å²) in [6.45, 7) is 0.434. The molecule has 1 amide bonds. The maximum absolute atomic E-state index is 12.3. The number of nitrogens with zero attached hydrogens (tertiary/aromatic N) is 1. The van der Waals surface area contributed by atoms with Crippen molar-refractivity contribution < 1.29 is 27.9 Å². The molecule has 8 heteroatoms. The van der Waals surface area contributed by atoms with Gasteiger partial charge in [0.25, 0.3) is 0 Å². The van der Waals surface area contributed by atoms with Crippen LogP contribution in [-0.2, 0) is 24.2 Å². The third-order valence-corrected chi connectivity index (χ3v) is 5.60. The molecule has 0 bridgehead atoms. The zero-order valence-corrected chi connectivity index (χ0v) is 12.2. The highest BCUT2D eigenvalue weighted by Gasteiger charge is 2.47. The van der Waals surface area contributed by atoms with Gasteiger partial charge in [0, 0.05) is 25.5 Å². The van der Waals surface area contributed by atoms with Gasteiger partial charge < -0.3 is 14.7 Å². The number of carbonyl (C=O) groups excluding carboxylic acids is 1. The summed E-state index contributed by atoms with van der Waals surface area (Å²) in [6.07, 6.45) is 2.00. The molecule has 1 aliphatic carbocycles. The monoisotopic (exact) mass is 305 g/mol. The fraction of sp³-hybridized carbons (Fsp3) is 0.833. The topological polar surface area (TPSA) is 101 Å². The van der Waals surface area contributed by atoms with E-state index in [9.17, 15) is 18.0 Å². The lowest BCUT2D eigenvalue weighted by Crippen LogP contribution is -2.55. The minimum Gasteiger partial charge on any atom is -0.480 e. The van der Waals surface area contributed by atoms with Crippen LogP contribution >= 0.6 is 0 Å². The molecule has 2 fully saturated rings. The second-order valence-corrected chi connectivity index (χ2v) is 7.89. The Morgan fingerprint density at radius 1 is 1.40 bits per heavy atom. The van der Waals surface area contributed by atoms with Crippen molar-refractivity contribution in [3.63, 3.8) is 0 Å². The van der Waals surface area contributed by atoms with Crippen LogP contribution in [0.1, 0.15) is 19.3 Å². The molecule has 0 radical (unpaired) electrons. The zero-order valence-electron chi connectivity index (χ0n) is 11.4. The summed E-state index contributed by atoms with van der Waals surface area (Å²) in [5.41, 5.74) is -0.175. The van der Waals surface area contributed by atoms with Gasteiger partial charge in [0.1, 0.15) is 6.04 Å². The van der Waals surface area contributed by atoms with Crippen molar-refractivity contribution in [2.75, 3.05) is 31.8 Å². The number of carbonyl (C=O) groups is 2. The molecule has 1 saturated heterocycles. The van der Waals surface area contributed by atoms with Gasteiger partial charge in [0.15, 0.2) is 9.84 Å². The molecule has 20 heavy (non-hydrogen) atoms. The van der Waals surface area contributed by atoms with Gasteiger partial charge in [-0.3, -0.25) is 4.79 Å². The van der Waals surface area contributed by atoms with Crippen LogP contribution in [0.3, 0.4) is 0 Å². The van der Waals surface area contributed by atoms with E-state index in [0.717, 1.165) is 12.8 Å². The molecule has 2 rings (SSSR count). The van der Waals surface area contributed by atoms with Crippen LogP contribution in [0.2, 0.25) is 0 Å². The molecule has 1 heterocycles. The quantitative estimate of drug-likeness (QED) is 0.736. The summed E-state index contributed by atoms with van der Waals surface area (Å²) in [5, 5.41) is 9.12. The van der Waals surface area contributed by atoms with Gasteiger partial charge >= 0.3 is 5.97 Å². The molecule has 1 N–H and O–H groups in total. The standard InChI is InChI=1S/C12H19NO6S/c1-19-8-12(2-3-12)6-10(14)13-4-5-20(17,18)7-9(13)11(15)16/h9H,2-8H2,1H3,(H,15,16). The Hall–Kier alpha value is -1.15. The van der Waals surface area contributed by atoms with Crippen LogP contribution < -0.4 is 0 Å². The smallest absolute Gasteiger partial charge is 0.327 e. The number of rotatable bonds is 5. The first-order valence-electron chi connectivity index (χ1n) is 6.50. The van der Waals surface area contributed by atoms with Gasteiger partial charge in [0.05, 0.1) is 18.1 Å². The Kier molecular flexibility index (Phi) is 4.06. The van der Waals surface area contributed by atoms with Crippen molar-refractivity contribution in [2.24, 2.45) is 5.41 Å². The van der Waals surface area contributed by atoms with Gasteiger partial charge in [-0.05, 0) is 12.8 Å². The van der Waals surface area contributed by atoms with Crippen LogP contribution in [-0.4, -0.2) is 68.1 Å². The van der Waals surface area contributed by atoms with Crippen LogP contribution in [0.4, 0.5) is 0 Å². The number of methoxy groups -OCH3 is 1. The number of hydrogen-bond acceptors (Lipinski definition) is 5. The molecule has 0 aromatic heterocycles. The highest BCUT2D eigenvalue weighted by atomic mass is 32.2. The Morgan fingerprint density at radius 2 is 2.05 bits per heavy atom. The maximum Gasteiger partial charge on any atom is 0.327 e. The van der Waals surface area contributed by atoms with Crippen molar-refractivity contribution >= 4 is 21.7 Å². The van der Waals surface area contributed by atoms with Crippen molar-refractivity contribution in [2.45, 2.75) is 25.3 Å². The number of ether oxygens (including phenoxy) is 1. The van der Waals surface area contributed by atoms with Gasteiger partial charge in [0.2, 0.25) is 5.91 Å². The van der Waals surface area contributed by atoms with Crippen LogP contribution in [0, 0.1) is 5.41 Å². The molecule has 2 aliphatic rings. The normalized spacial score (nSPS) is 27.1. The van der Waals surface area contributed by atoms with E-state index in [2.05, 4.69) is 0 Å². The van der Waals surface area contributed by atoms with Crippen molar-refractivity contribution in [1.29, 1.82) is 0 Å². The second-order valence-electron chi connectivity index (χ2n) is 5.67. The van der Waals surface area contributed by atoms with E-state index in [1.807, 2.05) is 0 Å². The van der Waals surface area contributed by atoms with E-state index < -0.39 is 27.6 Å². The van der Waals surface area contributed by atoms with E-state index in [-0.39, 0.29) is 30.0 Å². The summed E-state index contributed by atoms with van der Waals surface area (Å²) in [6, 6.07) is -1.26. The molecule has 1 saturated carbocycles. The third kappa shape index (κ3) is 3.29. The Bertz CT molecular complexity index is 510. The summed E-state index contributed by atoms with van der Waals surface area (Å²) in [4.78, 5) is 24.6. The second kappa shape index (κ2) is 5.33.